The van der Waals surface area contributed by atoms with Crippen molar-refractivity contribution < 1.29 is 32.6 Å². The summed E-state index contributed by atoms with van der Waals surface area (Å²) in [7, 11) is 0. The fraction of sp³-hybridized carbons (Fsp3) is 0.263. The summed E-state index contributed by atoms with van der Waals surface area (Å²) in [4.78, 5) is 25.2. The molecule has 3 rings (SSSR count). The van der Waals surface area contributed by atoms with Crippen LogP contribution in [0, 0.1) is 0 Å². The van der Waals surface area contributed by atoms with Crippen molar-refractivity contribution in [2.24, 2.45) is 0 Å². The predicted octanol–water partition coefficient (Wildman–Crippen LogP) is 3.62. The normalized spacial score (nSPS) is 17.6. The van der Waals surface area contributed by atoms with Gasteiger partial charge in [-0.1, -0.05) is 18.2 Å². The van der Waals surface area contributed by atoms with Gasteiger partial charge in [0.1, 0.15) is 6.10 Å². The van der Waals surface area contributed by atoms with Gasteiger partial charge in [0.15, 0.2) is 0 Å². The average Bonchev–Trinajstić information content (AvgIpc) is 2.67. The van der Waals surface area contributed by atoms with E-state index < -0.39 is 23.8 Å². The number of carboxylic acids is 1. The summed E-state index contributed by atoms with van der Waals surface area (Å²) in [5, 5.41) is 9.05. The third kappa shape index (κ3) is 4.28. The highest BCUT2D eigenvalue weighted by molar-refractivity contribution is 5.97. The number of hydrogen-bond acceptors (Lipinski definition) is 3. The Bertz CT molecular complexity index is 849. The van der Waals surface area contributed by atoms with Crippen molar-refractivity contribution in [3.05, 3.63) is 70.8 Å². The third-order valence-corrected chi connectivity index (χ3v) is 4.32. The lowest BCUT2D eigenvalue weighted by molar-refractivity contribution is -0.137. The number of amides is 1. The number of benzene rings is 2. The van der Waals surface area contributed by atoms with Crippen LogP contribution in [-0.4, -0.2) is 41.6 Å². The van der Waals surface area contributed by atoms with Crippen LogP contribution < -0.4 is 0 Å². The van der Waals surface area contributed by atoms with E-state index in [-0.39, 0.29) is 30.2 Å². The molecule has 0 aliphatic carbocycles. The zero-order chi connectivity index (χ0) is 19.6. The summed E-state index contributed by atoms with van der Waals surface area (Å²) in [6, 6.07) is 10.4. The summed E-state index contributed by atoms with van der Waals surface area (Å²) in [6.45, 7) is 0.713. The molecule has 2 aromatic rings. The molecule has 5 nitrogen and oxygen atoms in total. The van der Waals surface area contributed by atoms with Crippen molar-refractivity contribution in [3.63, 3.8) is 0 Å². The Balaban J connectivity index is 1.75. The van der Waals surface area contributed by atoms with E-state index in [0.29, 0.717) is 12.1 Å². The molecule has 0 spiro atoms. The molecule has 1 amide bonds. The van der Waals surface area contributed by atoms with Gasteiger partial charge < -0.3 is 14.7 Å². The fourth-order valence-corrected chi connectivity index (χ4v) is 2.89. The zero-order valence-corrected chi connectivity index (χ0v) is 14.1. The summed E-state index contributed by atoms with van der Waals surface area (Å²) < 4.78 is 43.6. The van der Waals surface area contributed by atoms with Gasteiger partial charge >= 0.3 is 12.1 Å². The second-order valence-electron chi connectivity index (χ2n) is 6.12. The zero-order valence-electron chi connectivity index (χ0n) is 14.1. The third-order valence-electron chi connectivity index (χ3n) is 4.32. The van der Waals surface area contributed by atoms with Crippen molar-refractivity contribution in [2.45, 2.75) is 12.3 Å². The van der Waals surface area contributed by atoms with E-state index in [9.17, 15) is 22.8 Å². The minimum atomic E-state index is -4.41. The van der Waals surface area contributed by atoms with Crippen LogP contribution in [0.15, 0.2) is 48.5 Å². The van der Waals surface area contributed by atoms with Gasteiger partial charge in [-0.3, -0.25) is 4.79 Å². The van der Waals surface area contributed by atoms with Crippen molar-refractivity contribution in [2.75, 3.05) is 19.7 Å². The molecule has 0 aromatic heterocycles. The molecule has 1 atom stereocenters. The summed E-state index contributed by atoms with van der Waals surface area (Å²) in [5.74, 6) is -1.48. The molecule has 27 heavy (non-hydrogen) atoms. The predicted molar refractivity (Wildman–Crippen MR) is 89.4 cm³/mol. The van der Waals surface area contributed by atoms with E-state index >= 15 is 0 Å². The molecule has 1 saturated heterocycles. The van der Waals surface area contributed by atoms with Gasteiger partial charge in [-0.15, -0.1) is 0 Å². The Morgan fingerprint density at radius 1 is 1.07 bits per heavy atom. The fourth-order valence-electron chi connectivity index (χ4n) is 2.89. The van der Waals surface area contributed by atoms with E-state index in [4.69, 9.17) is 9.84 Å². The van der Waals surface area contributed by atoms with E-state index in [0.717, 1.165) is 12.1 Å². The standard InChI is InChI=1S/C19H16F3NO4/c20-19(21,22)15-6-4-12(5-7-15)16-11-23(8-9-27-16)17(24)13-2-1-3-14(10-13)18(25)26/h1-7,10,16H,8-9,11H2,(H,25,26). The Morgan fingerprint density at radius 2 is 1.74 bits per heavy atom. The maximum Gasteiger partial charge on any atom is 0.416 e. The second-order valence-corrected chi connectivity index (χ2v) is 6.12. The van der Waals surface area contributed by atoms with Gasteiger partial charge in [-0.05, 0) is 35.9 Å². The molecule has 8 heteroatoms. The van der Waals surface area contributed by atoms with Crippen LogP contribution in [0.2, 0.25) is 0 Å². The van der Waals surface area contributed by atoms with Gasteiger partial charge in [-0.2, -0.15) is 13.2 Å². The number of morpholine rings is 1. The number of hydrogen-bond donors (Lipinski definition) is 1. The molecule has 1 fully saturated rings. The van der Waals surface area contributed by atoms with Crippen molar-refractivity contribution >= 4 is 11.9 Å². The first kappa shape index (κ1) is 18.9. The van der Waals surface area contributed by atoms with Crippen molar-refractivity contribution in [1.29, 1.82) is 0 Å². The number of ether oxygens (including phenoxy) is 1. The van der Waals surface area contributed by atoms with Crippen molar-refractivity contribution in [1.82, 2.24) is 4.90 Å². The quantitative estimate of drug-likeness (QED) is 0.885. The molecule has 0 bridgehead atoms. The molecule has 142 valence electrons. The highest BCUT2D eigenvalue weighted by atomic mass is 19.4. The maximum atomic E-state index is 12.7. The minimum Gasteiger partial charge on any atom is -0.478 e. The van der Waals surface area contributed by atoms with Gasteiger partial charge in [0.05, 0.1) is 24.3 Å². The van der Waals surface area contributed by atoms with Crippen LogP contribution in [0.5, 0.6) is 0 Å². The molecule has 1 aliphatic rings. The first-order chi connectivity index (χ1) is 12.8. The number of carboxylic acid groups (broad SMARTS) is 1. The Hall–Kier alpha value is -2.87. The van der Waals surface area contributed by atoms with E-state index in [1.807, 2.05) is 0 Å². The lowest BCUT2D eigenvalue weighted by Gasteiger charge is -2.33. The van der Waals surface area contributed by atoms with E-state index in [1.165, 1.54) is 41.3 Å². The van der Waals surface area contributed by atoms with Gasteiger partial charge in [0, 0.05) is 12.1 Å². The first-order valence-corrected chi connectivity index (χ1v) is 8.17. The first-order valence-electron chi connectivity index (χ1n) is 8.17. The Labute approximate surface area is 153 Å². The molecule has 2 aromatic carbocycles. The van der Waals surface area contributed by atoms with Crippen LogP contribution in [0.1, 0.15) is 37.9 Å². The highest BCUT2D eigenvalue weighted by Gasteiger charge is 2.31. The molecular formula is C19H16F3NO4. The average molecular weight is 379 g/mol. The smallest absolute Gasteiger partial charge is 0.416 e. The number of aromatic carboxylic acids is 1. The molecule has 1 heterocycles. The maximum absolute atomic E-state index is 12.7. The summed E-state index contributed by atoms with van der Waals surface area (Å²) in [6.07, 6.45) is -4.96. The van der Waals surface area contributed by atoms with Crippen LogP contribution >= 0.6 is 0 Å². The Morgan fingerprint density at radius 3 is 2.37 bits per heavy atom. The monoisotopic (exact) mass is 379 g/mol. The molecule has 0 radical (unpaired) electrons. The minimum absolute atomic E-state index is 0.00778. The van der Waals surface area contributed by atoms with Gasteiger partial charge in [0.2, 0.25) is 0 Å². The number of rotatable bonds is 3. The number of nitrogens with zero attached hydrogens (tertiary/aromatic N) is 1. The summed E-state index contributed by atoms with van der Waals surface area (Å²) >= 11 is 0. The van der Waals surface area contributed by atoms with E-state index in [2.05, 4.69) is 0 Å². The number of halogens is 3. The Kier molecular flexibility index (Phi) is 5.18. The number of carbonyl (C=O) groups is 2. The van der Waals surface area contributed by atoms with E-state index in [1.54, 1.807) is 0 Å². The van der Waals surface area contributed by atoms with Crippen LogP contribution in [0.25, 0.3) is 0 Å². The molecule has 0 saturated carbocycles. The topological polar surface area (TPSA) is 66.8 Å². The number of carbonyl (C=O) groups excluding carboxylic acids is 1. The van der Waals surface area contributed by atoms with Crippen LogP contribution in [-0.2, 0) is 10.9 Å². The number of alkyl halides is 3. The lowest BCUT2D eigenvalue weighted by Crippen LogP contribution is -2.42. The largest absolute Gasteiger partial charge is 0.478 e. The van der Waals surface area contributed by atoms with Crippen LogP contribution in [0.4, 0.5) is 13.2 Å². The van der Waals surface area contributed by atoms with Crippen molar-refractivity contribution in [3.8, 4) is 0 Å². The van der Waals surface area contributed by atoms with Gasteiger partial charge in [-0.25, -0.2) is 4.79 Å². The second kappa shape index (κ2) is 7.40. The SMILES string of the molecule is O=C(O)c1cccc(C(=O)N2CCOC(c3ccc(C(F)(F)F)cc3)C2)c1. The molecule has 1 unspecified atom stereocenters. The summed E-state index contributed by atoms with van der Waals surface area (Å²) in [5.41, 5.74) is 0.0385. The van der Waals surface area contributed by atoms with Gasteiger partial charge in [0.25, 0.3) is 5.91 Å². The highest BCUT2D eigenvalue weighted by Crippen LogP contribution is 2.31. The lowest BCUT2D eigenvalue weighted by atomic mass is 10.0. The van der Waals surface area contributed by atoms with Crippen LogP contribution in [0.3, 0.4) is 0 Å². The molecule has 1 N–H and O–H groups in total. The molecule has 1 aliphatic heterocycles. The molecular weight excluding hydrogens is 363 g/mol.